The van der Waals surface area contributed by atoms with Crippen molar-refractivity contribution in [2.75, 3.05) is 7.11 Å². The number of allylic oxidation sites excluding steroid dienone is 2. The molecular weight excluding hydrogens is 464 g/mol. The molecule has 0 bridgehead atoms. The average Bonchev–Trinajstić information content (AvgIpc) is 3.22. The average molecular weight is 511 g/mol. The second kappa shape index (κ2) is 8.05. The Labute approximate surface area is 222 Å². The van der Waals surface area contributed by atoms with E-state index in [1.807, 2.05) is 19.9 Å². The first-order chi connectivity index (χ1) is 17.1. The van der Waals surface area contributed by atoms with Crippen LogP contribution in [-0.4, -0.2) is 29.9 Å². The summed E-state index contributed by atoms with van der Waals surface area (Å²) >= 11 is 0. The molecule has 0 heterocycles. The van der Waals surface area contributed by atoms with Crippen LogP contribution in [0.25, 0.3) is 0 Å². The highest BCUT2D eigenvalue weighted by molar-refractivity contribution is 6.19. The van der Waals surface area contributed by atoms with Gasteiger partial charge in [-0.05, 0) is 104 Å². The molecule has 5 rings (SSSR count). The van der Waals surface area contributed by atoms with Crippen LogP contribution >= 0.6 is 0 Å². The van der Waals surface area contributed by atoms with Gasteiger partial charge in [0, 0.05) is 5.41 Å². The maximum absolute atomic E-state index is 13.4. The fraction of sp³-hybridized carbons (Fsp3) is 0.781. The second-order valence-corrected chi connectivity index (χ2v) is 14.6. The Hall–Kier alpha value is -1.91. The summed E-state index contributed by atoms with van der Waals surface area (Å²) in [6.07, 6.45) is 9.57. The summed E-state index contributed by atoms with van der Waals surface area (Å²) in [5, 5.41) is 9.99. The van der Waals surface area contributed by atoms with Gasteiger partial charge in [-0.3, -0.25) is 9.59 Å². The number of hydrogen-bond donors (Lipinski definition) is 1. The summed E-state index contributed by atoms with van der Waals surface area (Å²) in [7, 11) is 1.54. The third-order valence-electron chi connectivity index (χ3n) is 13.2. The van der Waals surface area contributed by atoms with E-state index >= 15 is 0 Å². The fourth-order valence-corrected chi connectivity index (χ4v) is 11.4. The van der Waals surface area contributed by atoms with Gasteiger partial charge in [-0.2, -0.15) is 0 Å². The maximum Gasteiger partial charge on any atom is 0.339 e. The molecule has 5 nitrogen and oxygen atoms in total. The molecule has 5 aliphatic rings. The van der Waals surface area contributed by atoms with Gasteiger partial charge in [-0.25, -0.2) is 4.79 Å². The molecule has 4 saturated carbocycles. The van der Waals surface area contributed by atoms with Gasteiger partial charge >= 0.3 is 11.9 Å². The lowest BCUT2D eigenvalue weighted by Gasteiger charge is -2.71. The minimum absolute atomic E-state index is 0.0117. The molecule has 0 spiro atoms. The molecule has 0 aromatic heterocycles. The van der Waals surface area contributed by atoms with E-state index < -0.39 is 16.8 Å². The standard InChI is InChI=1S/C32H46O5/c1-18(2)19-11-14-32(27(36)37-8)16-15-30(6)21(24(19)32)9-10-23-29(5)17-20(26(34)35)25(33)28(3,4)22(29)12-13-31(23,30)7/h17,19,21-24H,1,9-16H2,2-8H3,(H,34,35)/t19-,21?,22-,23+,24+,29-,30+,31+,32-/m0/s1. The van der Waals surface area contributed by atoms with Crippen LogP contribution < -0.4 is 0 Å². The van der Waals surface area contributed by atoms with Crippen LogP contribution in [0.2, 0.25) is 0 Å². The summed E-state index contributed by atoms with van der Waals surface area (Å²) in [5.41, 5.74) is -0.292. The van der Waals surface area contributed by atoms with Crippen LogP contribution in [0, 0.1) is 56.7 Å². The number of methoxy groups -OCH3 is 1. The normalized spacial score (nSPS) is 48.0. The van der Waals surface area contributed by atoms with E-state index in [1.54, 1.807) is 0 Å². The van der Waals surface area contributed by atoms with Crippen LogP contribution in [0.4, 0.5) is 0 Å². The number of carbonyl (C=O) groups excluding carboxylic acids is 2. The van der Waals surface area contributed by atoms with Gasteiger partial charge < -0.3 is 9.84 Å². The van der Waals surface area contributed by atoms with Crippen molar-refractivity contribution in [2.45, 2.75) is 92.9 Å². The highest BCUT2D eigenvalue weighted by atomic mass is 16.5. The molecule has 9 atom stereocenters. The van der Waals surface area contributed by atoms with Gasteiger partial charge in [-0.1, -0.05) is 52.8 Å². The molecule has 0 saturated heterocycles. The van der Waals surface area contributed by atoms with Crippen molar-refractivity contribution in [3.8, 4) is 0 Å². The molecular formula is C32H46O5. The molecule has 0 aromatic rings. The first-order valence-corrected chi connectivity index (χ1v) is 14.4. The Balaban J connectivity index is 1.62. The molecule has 0 amide bonds. The molecule has 5 heteroatoms. The van der Waals surface area contributed by atoms with Crippen molar-refractivity contribution in [2.24, 2.45) is 56.7 Å². The lowest BCUT2D eigenvalue weighted by Crippen LogP contribution is -2.66. The van der Waals surface area contributed by atoms with E-state index in [1.165, 1.54) is 12.7 Å². The number of fused-ring (bicyclic) bond motifs is 7. The SMILES string of the molecule is C=C(C)[C@@H]1CC[C@]2(C(=O)OC)CC[C@]3(C)C(CC[C@@H]4[C@@]5(C)C=C(C(=O)O)C(=O)C(C)(C)[C@@H]5CC[C@]43C)[C@@H]12. The number of Topliss-reactive ketones (excluding diaryl/α,β-unsaturated/α-hetero) is 1. The Kier molecular flexibility index (Phi) is 5.81. The highest BCUT2D eigenvalue weighted by Gasteiger charge is 2.72. The summed E-state index contributed by atoms with van der Waals surface area (Å²) in [6, 6.07) is 0. The zero-order valence-electron chi connectivity index (χ0n) is 23.9. The Morgan fingerprint density at radius 3 is 2.22 bits per heavy atom. The first kappa shape index (κ1) is 26.7. The Morgan fingerprint density at radius 2 is 1.62 bits per heavy atom. The van der Waals surface area contributed by atoms with Gasteiger partial charge in [0.25, 0.3) is 0 Å². The molecule has 1 N–H and O–H groups in total. The molecule has 4 fully saturated rings. The number of carbonyl (C=O) groups is 3. The fourth-order valence-electron chi connectivity index (χ4n) is 11.4. The molecule has 37 heavy (non-hydrogen) atoms. The minimum Gasteiger partial charge on any atom is -0.478 e. The highest BCUT2D eigenvalue weighted by Crippen LogP contribution is 2.77. The minimum atomic E-state index is -1.10. The van der Waals surface area contributed by atoms with E-state index in [9.17, 15) is 19.5 Å². The van der Waals surface area contributed by atoms with E-state index in [4.69, 9.17) is 4.74 Å². The molecule has 5 aliphatic carbocycles. The summed E-state index contributed by atoms with van der Waals surface area (Å²) < 4.78 is 5.46. The smallest absolute Gasteiger partial charge is 0.339 e. The monoisotopic (exact) mass is 510 g/mol. The largest absolute Gasteiger partial charge is 0.478 e. The molecule has 0 aliphatic heterocycles. The summed E-state index contributed by atoms with van der Waals surface area (Å²) in [6.45, 7) is 17.6. The molecule has 0 aromatic carbocycles. The van der Waals surface area contributed by atoms with E-state index in [2.05, 4.69) is 34.3 Å². The van der Waals surface area contributed by atoms with Gasteiger partial charge in [0.2, 0.25) is 0 Å². The number of aliphatic carboxylic acids is 1. The third-order valence-corrected chi connectivity index (χ3v) is 13.2. The van der Waals surface area contributed by atoms with Crippen molar-refractivity contribution in [1.82, 2.24) is 0 Å². The topological polar surface area (TPSA) is 80.7 Å². The molecule has 1 unspecified atom stereocenters. The van der Waals surface area contributed by atoms with Crippen molar-refractivity contribution in [3.05, 3.63) is 23.8 Å². The number of ketones is 1. The summed E-state index contributed by atoms with van der Waals surface area (Å²) in [4.78, 5) is 38.9. The van der Waals surface area contributed by atoms with Crippen LogP contribution in [0.3, 0.4) is 0 Å². The van der Waals surface area contributed by atoms with Gasteiger partial charge in [0.05, 0.1) is 18.1 Å². The van der Waals surface area contributed by atoms with E-state index in [-0.39, 0.29) is 51.3 Å². The number of carboxylic acid groups (broad SMARTS) is 1. The van der Waals surface area contributed by atoms with Gasteiger partial charge in [0.15, 0.2) is 5.78 Å². The third kappa shape index (κ3) is 3.12. The summed E-state index contributed by atoms with van der Waals surface area (Å²) in [5.74, 6) is 0.0372. The first-order valence-electron chi connectivity index (χ1n) is 14.4. The van der Waals surface area contributed by atoms with Crippen LogP contribution in [-0.2, 0) is 19.1 Å². The Bertz CT molecular complexity index is 1100. The zero-order valence-corrected chi connectivity index (χ0v) is 23.9. The molecule has 0 radical (unpaired) electrons. The van der Waals surface area contributed by atoms with Gasteiger partial charge in [-0.15, -0.1) is 0 Å². The van der Waals surface area contributed by atoms with E-state index in [0.717, 1.165) is 51.4 Å². The van der Waals surface area contributed by atoms with Crippen molar-refractivity contribution >= 4 is 17.7 Å². The number of ether oxygens (including phenoxy) is 1. The number of hydrogen-bond acceptors (Lipinski definition) is 4. The predicted molar refractivity (Wildman–Crippen MR) is 142 cm³/mol. The van der Waals surface area contributed by atoms with E-state index in [0.29, 0.717) is 11.8 Å². The molecule has 204 valence electrons. The zero-order chi connectivity index (χ0) is 27.3. The Morgan fingerprint density at radius 1 is 0.946 bits per heavy atom. The van der Waals surface area contributed by atoms with Gasteiger partial charge in [0.1, 0.15) is 0 Å². The van der Waals surface area contributed by atoms with Crippen LogP contribution in [0.15, 0.2) is 23.8 Å². The number of carboxylic acids is 1. The van der Waals surface area contributed by atoms with Crippen molar-refractivity contribution in [1.29, 1.82) is 0 Å². The predicted octanol–water partition coefficient (Wildman–Crippen LogP) is 6.62. The lowest BCUT2D eigenvalue weighted by molar-refractivity contribution is -0.222. The van der Waals surface area contributed by atoms with Crippen LogP contribution in [0.5, 0.6) is 0 Å². The lowest BCUT2D eigenvalue weighted by atomic mass is 9.32. The number of esters is 1. The van der Waals surface area contributed by atoms with Crippen molar-refractivity contribution in [3.63, 3.8) is 0 Å². The quantitative estimate of drug-likeness (QED) is 0.262. The van der Waals surface area contributed by atoms with Crippen LogP contribution in [0.1, 0.15) is 92.9 Å². The van der Waals surface area contributed by atoms with Crippen molar-refractivity contribution < 1.29 is 24.2 Å². The number of rotatable bonds is 3. The second-order valence-electron chi connectivity index (χ2n) is 14.6. The maximum atomic E-state index is 13.4.